The van der Waals surface area contributed by atoms with Crippen molar-refractivity contribution in [1.82, 2.24) is 0 Å². The molecule has 0 saturated carbocycles. The Labute approximate surface area is 118 Å². The van der Waals surface area contributed by atoms with E-state index in [1.807, 2.05) is 12.1 Å². The summed E-state index contributed by atoms with van der Waals surface area (Å²) in [6.45, 7) is 2.13. The molecule has 0 aliphatic carbocycles. The number of aliphatic imine (C=N–C) groups is 1. The Balaban J connectivity index is 1.92. The van der Waals surface area contributed by atoms with Crippen LogP contribution in [0.15, 0.2) is 71.7 Å². The van der Waals surface area contributed by atoms with Crippen molar-refractivity contribution in [2.24, 2.45) is 4.99 Å². The van der Waals surface area contributed by atoms with Gasteiger partial charge in [0.1, 0.15) is 5.04 Å². The van der Waals surface area contributed by atoms with Crippen LogP contribution >= 0.6 is 11.8 Å². The van der Waals surface area contributed by atoms with Gasteiger partial charge in [-0.2, -0.15) is 0 Å². The first-order chi connectivity index (χ1) is 9.33. The Hall–Kier alpha value is -1.80. The lowest BCUT2D eigenvalue weighted by atomic mass is 10.1. The van der Waals surface area contributed by atoms with E-state index in [4.69, 9.17) is 4.99 Å². The fraction of sp³-hybridized carbons (Fsp3) is 0.118. The summed E-state index contributed by atoms with van der Waals surface area (Å²) in [6, 6.07) is 21.1. The van der Waals surface area contributed by atoms with Crippen LogP contribution in [0.3, 0.4) is 0 Å². The van der Waals surface area contributed by atoms with Crippen molar-refractivity contribution in [1.29, 1.82) is 0 Å². The van der Waals surface area contributed by atoms with Gasteiger partial charge in [-0.15, -0.1) is 0 Å². The predicted molar refractivity (Wildman–Crippen MR) is 84.5 cm³/mol. The molecule has 1 nitrogen and oxygen atoms in total. The van der Waals surface area contributed by atoms with Gasteiger partial charge >= 0.3 is 0 Å². The smallest absolute Gasteiger partial charge is 0.103 e. The zero-order valence-electron chi connectivity index (χ0n) is 10.8. The van der Waals surface area contributed by atoms with Crippen LogP contribution in [-0.2, 0) is 0 Å². The molecule has 0 amide bonds. The van der Waals surface area contributed by atoms with Crippen molar-refractivity contribution in [3.8, 4) is 0 Å². The zero-order chi connectivity index (χ0) is 13.1. The highest BCUT2D eigenvalue weighted by atomic mass is 32.2. The largest absolute Gasteiger partial charge is 0.270 e. The fourth-order valence-electron chi connectivity index (χ4n) is 2.08. The minimum Gasteiger partial charge on any atom is -0.270 e. The molecule has 0 bridgehead atoms. The highest BCUT2D eigenvalue weighted by Crippen LogP contribution is 2.35. The van der Waals surface area contributed by atoms with Gasteiger partial charge in [-0.25, -0.2) is 0 Å². The molecule has 94 valence electrons. The van der Waals surface area contributed by atoms with Gasteiger partial charge < -0.3 is 0 Å². The number of benzene rings is 2. The molecule has 3 rings (SSSR count). The molecular formula is C17H15NS. The lowest BCUT2D eigenvalue weighted by Crippen LogP contribution is -2.07. The summed E-state index contributed by atoms with van der Waals surface area (Å²) in [7, 11) is 0. The standard InChI is InChI=1S/C17H15NS/c1-13-12-16(14-8-4-2-5-9-14)19-17(18-13)15-10-6-3-7-11-15/h2-13H,1H3. The normalized spacial score (nSPS) is 18.7. The van der Waals surface area contributed by atoms with E-state index in [-0.39, 0.29) is 6.04 Å². The van der Waals surface area contributed by atoms with Gasteiger partial charge in [0.2, 0.25) is 0 Å². The number of rotatable bonds is 2. The molecule has 0 aromatic heterocycles. The van der Waals surface area contributed by atoms with Gasteiger partial charge in [-0.1, -0.05) is 72.4 Å². The van der Waals surface area contributed by atoms with E-state index in [9.17, 15) is 0 Å². The molecule has 1 unspecified atom stereocenters. The number of nitrogens with zero attached hydrogens (tertiary/aromatic N) is 1. The molecule has 0 spiro atoms. The van der Waals surface area contributed by atoms with Crippen molar-refractivity contribution in [3.63, 3.8) is 0 Å². The summed E-state index contributed by atoms with van der Waals surface area (Å²) in [6.07, 6.45) is 2.23. The predicted octanol–water partition coefficient (Wildman–Crippen LogP) is 4.61. The summed E-state index contributed by atoms with van der Waals surface area (Å²) in [5.74, 6) is 0. The summed E-state index contributed by atoms with van der Waals surface area (Å²) in [4.78, 5) is 6.02. The van der Waals surface area contributed by atoms with Crippen LogP contribution in [-0.4, -0.2) is 11.1 Å². The zero-order valence-corrected chi connectivity index (χ0v) is 11.6. The fourth-order valence-corrected chi connectivity index (χ4v) is 3.28. The second-order valence-electron chi connectivity index (χ2n) is 4.54. The molecule has 1 aliphatic heterocycles. The highest BCUT2D eigenvalue weighted by molar-refractivity contribution is 8.22. The van der Waals surface area contributed by atoms with E-state index < -0.39 is 0 Å². The number of hydrogen-bond donors (Lipinski definition) is 0. The van der Waals surface area contributed by atoms with E-state index in [0.29, 0.717) is 0 Å². The Bertz CT molecular complexity index is 559. The van der Waals surface area contributed by atoms with E-state index in [0.717, 1.165) is 5.04 Å². The molecule has 2 aromatic carbocycles. The van der Waals surface area contributed by atoms with Gasteiger partial charge in [0.25, 0.3) is 0 Å². The van der Waals surface area contributed by atoms with Crippen LogP contribution in [0.25, 0.3) is 4.91 Å². The third-order valence-corrected chi connectivity index (χ3v) is 4.13. The number of thioether (sulfide) groups is 1. The van der Waals surface area contributed by atoms with Crippen LogP contribution < -0.4 is 0 Å². The molecule has 2 heteroatoms. The molecule has 2 aromatic rings. The van der Waals surface area contributed by atoms with Gasteiger partial charge in [0, 0.05) is 10.5 Å². The maximum atomic E-state index is 4.73. The molecule has 1 aliphatic rings. The van der Waals surface area contributed by atoms with Crippen LogP contribution in [0, 0.1) is 0 Å². The highest BCUT2D eigenvalue weighted by Gasteiger charge is 2.16. The first kappa shape index (κ1) is 12.2. The maximum absolute atomic E-state index is 4.73. The van der Waals surface area contributed by atoms with Gasteiger partial charge in [0.05, 0.1) is 6.04 Å². The van der Waals surface area contributed by atoms with E-state index >= 15 is 0 Å². The van der Waals surface area contributed by atoms with Crippen molar-refractivity contribution in [2.75, 3.05) is 0 Å². The molecule has 0 radical (unpaired) electrons. The first-order valence-electron chi connectivity index (χ1n) is 6.41. The molecule has 0 saturated heterocycles. The average Bonchev–Trinajstić information content (AvgIpc) is 2.48. The lowest BCUT2D eigenvalue weighted by Gasteiger charge is -2.18. The monoisotopic (exact) mass is 265 g/mol. The third-order valence-electron chi connectivity index (χ3n) is 3.00. The molecule has 0 N–H and O–H groups in total. The topological polar surface area (TPSA) is 12.4 Å². The minimum absolute atomic E-state index is 0.228. The second kappa shape index (κ2) is 5.45. The summed E-state index contributed by atoms with van der Waals surface area (Å²) >= 11 is 1.75. The average molecular weight is 265 g/mol. The SMILES string of the molecule is CC1C=C(c2ccccc2)SC(c2ccccc2)=N1. The Morgan fingerprint density at radius 1 is 0.842 bits per heavy atom. The molecular weight excluding hydrogens is 250 g/mol. The van der Waals surface area contributed by atoms with E-state index in [2.05, 4.69) is 61.5 Å². The lowest BCUT2D eigenvalue weighted by molar-refractivity contribution is 0.932. The molecule has 19 heavy (non-hydrogen) atoms. The molecule has 1 atom stereocenters. The molecule has 0 fully saturated rings. The van der Waals surface area contributed by atoms with Crippen molar-refractivity contribution < 1.29 is 0 Å². The maximum Gasteiger partial charge on any atom is 0.103 e. The summed E-state index contributed by atoms with van der Waals surface area (Å²) in [5.41, 5.74) is 2.46. The Kier molecular flexibility index (Phi) is 3.51. The van der Waals surface area contributed by atoms with Crippen molar-refractivity contribution in [3.05, 3.63) is 77.9 Å². The van der Waals surface area contributed by atoms with E-state index in [1.165, 1.54) is 16.0 Å². The van der Waals surface area contributed by atoms with Gasteiger partial charge in [0.15, 0.2) is 0 Å². The second-order valence-corrected chi connectivity index (χ2v) is 5.57. The number of hydrogen-bond acceptors (Lipinski definition) is 2. The van der Waals surface area contributed by atoms with Gasteiger partial charge in [-0.3, -0.25) is 4.99 Å². The van der Waals surface area contributed by atoms with Crippen molar-refractivity contribution >= 4 is 21.7 Å². The van der Waals surface area contributed by atoms with Crippen LogP contribution in [0.4, 0.5) is 0 Å². The van der Waals surface area contributed by atoms with E-state index in [1.54, 1.807) is 11.8 Å². The Morgan fingerprint density at radius 3 is 2.05 bits per heavy atom. The first-order valence-corrected chi connectivity index (χ1v) is 7.23. The molecule has 1 heterocycles. The minimum atomic E-state index is 0.228. The van der Waals surface area contributed by atoms with Crippen LogP contribution in [0.5, 0.6) is 0 Å². The van der Waals surface area contributed by atoms with Crippen molar-refractivity contribution in [2.45, 2.75) is 13.0 Å². The summed E-state index contributed by atoms with van der Waals surface area (Å²) in [5, 5.41) is 1.11. The van der Waals surface area contributed by atoms with Gasteiger partial charge in [-0.05, 0) is 18.6 Å². The van der Waals surface area contributed by atoms with Crippen LogP contribution in [0.1, 0.15) is 18.1 Å². The quantitative estimate of drug-likeness (QED) is 0.772. The third kappa shape index (κ3) is 2.79. The Morgan fingerprint density at radius 2 is 1.42 bits per heavy atom. The van der Waals surface area contributed by atoms with Crippen LogP contribution in [0.2, 0.25) is 0 Å². The summed E-state index contributed by atoms with van der Waals surface area (Å²) < 4.78 is 0.